The first-order chi connectivity index (χ1) is 12.0. The molecule has 1 aromatic carbocycles. The predicted molar refractivity (Wildman–Crippen MR) is 94.0 cm³/mol. The van der Waals surface area contributed by atoms with Crippen molar-refractivity contribution in [2.45, 2.75) is 31.6 Å². The standard InChI is InChI=1S/C17H21FN4O2S/c18-15-6-4-5-14(11-15)13-25(23,24)20-12-16-19-8-7-17(21-16)22-9-2-1-3-10-22/h4-8,11,20H,1-3,9-10,12-13H2. The minimum atomic E-state index is -3.60. The molecule has 1 aromatic heterocycles. The lowest BCUT2D eigenvalue weighted by Gasteiger charge is -2.27. The number of rotatable bonds is 6. The summed E-state index contributed by atoms with van der Waals surface area (Å²) in [4.78, 5) is 10.8. The van der Waals surface area contributed by atoms with Crippen LogP contribution in [0, 0.1) is 5.82 Å². The molecule has 0 radical (unpaired) electrons. The molecule has 1 fully saturated rings. The summed E-state index contributed by atoms with van der Waals surface area (Å²) in [6, 6.07) is 7.41. The van der Waals surface area contributed by atoms with E-state index < -0.39 is 15.8 Å². The van der Waals surface area contributed by atoms with E-state index in [0.717, 1.165) is 31.7 Å². The van der Waals surface area contributed by atoms with Crippen molar-refractivity contribution in [3.8, 4) is 0 Å². The number of hydrogen-bond acceptors (Lipinski definition) is 5. The monoisotopic (exact) mass is 364 g/mol. The number of anilines is 1. The molecule has 0 unspecified atom stereocenters. The average molecular weight is 364 g/mol. The average Bonchev–Trinajstić information content (AvgIpc) is 2.61. The summed E-state index contributed by atoms with van der Waals surface area (Å²) in [5.74, 6) is 0.515. The van der Waals surface area contributed by atoms with Gasteiger partial charge in [-0.3, -0.25) is 0 Å². The van der Waals surface area contributed by atoms with Crippen LogP contribution in [-0.2, 0) is 22.3 Å². The van der Waals surface area contributed by atoms with E-state index >= 15 is 0 Å². The Kier molecular flexibility index (Phi) is 5.60. The molecule has 6 nitrogen and oxygen atoms in total. The molecule has 0 amide bonds. The topological polar surface area (TPSA) is 75.2 Å². The summed E-state index contributed by atoms with van der Waals surface area (Å²) in [6.07, 6.45) is 5.15. The highest BCUT2D eigenvalue weighted by atomic mass is 32.2. The van der Waals surface area contributed by atoms with Gasteiger partial charge in [-0.15, -0.1) is 0 Å². The van der Waals surface area contributed by atoms with Crippen molar-refractivity contribution in [1.29, 1.82) is 0 Å². The molecule has 0 aliphatic carbocycles. The third-order valence-electron chi connectivity index (χ3n) is 4.07. The van der Waals surface area contributed by atoms with E-state index in [1.165, 1.54) is 24.6 Å². The van der Waals surface area contributed by atoms with Crippen LogP contribution in [0.3, 0.4) is 0 Å². The zero-order valence-corrected chi connectivity index (χ0v) is 14.7. The first-order valence-electron chi connectivity index (χ1n) is 8.30. The van der Waals surface area contributed by atoms with Gasteiger partial charge < -0.3 is 4.90 Å². The van der Waals surface area contributed by atoms with Crippen LogP contribution in [0.2, 0.25) is 0 Å². The Morgan fingerprint density at radius 1 is 1.16 bits per heavy atom. The van der Waals surface area contributed by atoms with Crippen LogP contribution in [-0.4, -0.2) is 31.5 Å². The number of aromatic nitrogens is 2. The van der Waals surface area contributed by atoms with Gasteiger partial charge in [-0.25, -0.2) is 27.5 Å². The van der Waals surface area contributed by atoms with Crippen molar-refractivity contribution in [2.75, 3.05) is 18.0 Å². The lowest BCUT2D eigenvalue weighted by molar-refractivity contribution is 0.569. The van der Waals surface area contributed by atoms with Crippen molar-refractivity contribution in [2.24, 2.45) is 0 Å². The van der Waals surface area contributed by atoms with E-state index in [2.05, 4.69) is 19.6 Å². The SMILES string of the molecule is O=S(=O)(Cc1cccc(F)c1)NCc1nccc(N2CCCCC2)n1. The fourth-order valence-electron chi connectivity index (χ4n) is 2.84. The lowest BCUT2D eigenvalue weighted by Crippen LogP contribution is -2.31. The van der Waals surface area contributed by atoms with E-state index in [-0.39, 0.29) is 12.3 Å². The third-order valence-corrected chi connectivity index (χ3v) is 5.36. The maximum absolute atomic E-state index is 13.2. The van der Waals surface area contributed by atoms with Gasteiger partial charge >= 0.3 is 0 Å². The molecule has 0 atom stereocenters. The predicted octanol–water partition coefficient (Wildman–Crippen LogP) is 2.23. The lowest BCUT2D eigenvalue weighted by atomic mass is 10.1. The normalized spacial score (nSPS) is 15.3. The van der Waals surface area contributed by atoms with Crippen LogP contribution in [0.25, 0.3) is 0 Å². The number of sulfonamides is 1. The van der Waals surface area contributed by atoms with Gasteiger partial charge in [0.2, 0.25) is 10.0 Å². The van der Waals surface area contributed by atoms with E-state index in [1.807, 2.05) is 6.07 Å². The number of piperidine rings is 1. The van der Waals surface area contributed by atoms with E-state index in [1.54, 1.807) is 12.3 Å². The summed E-state index contributed by atoms with van der Waals surface area (Å²) in [6.45, 7) is 1.93. The van der Waals surface area contributed by atoms with Crippen molar-refractivity contribution in [3.05, 3.63) is 53.7 Å². The van der Waals surface area contributed by atoms with Crippen LogP contribution < -0.4 is 9.62 Å². The molecule has 0 saturated carbocycles. The molecule has 1 aliphatic rings. The quantitative estimate of drug-likeness (QED) is 0.851. The fourth-order valence-corrected chi connectivity index (χ4v) is 3.91. The molecule has 0 bridgehead atoms. The second-order valence-electron chi connectivity index (χ2n) is 6.09. The number of halogens is 1. The Morgan fingerprint density at radius 3 is 2.72 bits per heavy atom. The highest BCUT2D eigenvalue weighted by Gasteiger charge is 2.15. The first kappa shape index (κ1) is 17.8. The van der Waals surface area contributed by atoms with Gasteiger partial charge in [0.1, 0.15) is 17.5 Å². The van der Waals surface area contributed by atoms with Gasteiger partial charge in [0, 0.05) is 19.3 Å². The van der Waals surface area contributed by atoms with E-state index in [4.69, 9.17) is 0 Å². The molecule has 0 spiro atoms. The van der Waals surface area contributed by atoms with Gasteiger partial charge in [-0.1, -0.05) is 12.1 Å². The minimum Gasteiger partial charge on any atom is -0.357 e. The van der Waals surface area contributed by atoms with Gasteiger partial charge in [0.15, 0.2) is 0 Å². The Bertz CT molecular complexity index is 823. The van der Waals surface area contributed by atoms with Crippen molar-refractivity contribution in [3.63, 3.8) is 0 Å². The van der Waals surface area contributed by atoms with Crippen LogP contribution in [0.4, 0.5) is 10.2 Å². The summed E-state index contributed by atoms with van der Waals surface area (Å²) in [5, 5.41) is 0. The maximum Gasteiger partial charge on any atom is 0.216 e. The number of nitrogens with zero attached hydrogens (tertiary/aromatic N) is 3. The molecule has 134 valence electrons. The second-order valence-corrected chi connectivity index (χ2v) is 7.90. The maximum atomic E-state index is 13.2. The largest absolute Gasteiger partial charge is 0.357 e. The molecular weight excluding hydrogens is 343 g/mol. The molecule has 8 heteroatoms. The second kappa shape index (κ2) is 7.88. The number of nitrogens with one attached hydrogen (secondary N) is 1. The zero-order valence-electron chi connectivity index (χ0n) is 13.9. The highest BCUT2D eigenvalue weighted by Crippen LogP contribution is 2.17. The molecule has 3 rings (SSSR count). The highest BCUT2D eigenvalue weighted by molar-refractivity contribution is 7.88. The van der Waals surface area contributed by atoms with Gasteiger partial charge in [-0.2, -0.15) is 0 Å². The minimum absolute atomic E-state index is 0.0132. The molecule has 2 aromatic rings. The Morgan fingerprint density at radius 2 is 1.96 bits per heavy atom. The van der Waals surface area contributed by atoms with Crippen molar-refractivity contribution >= 4 is 15.8 Å². The third kappa shape index (κ3) is 5.20. The fraction of sp³-hybridized carbons (Fsp3) is 0.412. The number of benzene rings is 1. The molecule has 25 heavy (non-hydrogen) atoms. The molecule has 1 saturated heterocycles. The summed E-state index contributed by atoms with van der Waals surface area (Å²) >= 11 is 0. The van der Waals surface area contributed by atoms with E-state index in [9.17, 15) is 12.8 Å². The Balaban J connectivity index is 1.62. The van der Waals surface area contributed by atoms with Gasteiger partial charge in [0.05, 0.1) is 12.3 Å². The molecule has 2 heterocycles. The van der Waals surface area contributed by atoms with Crippen molar-refractivity contribution in [1.82, 2.24) is 14.7 Å². The molecule has 1 N–H and O–H groups in total. The van der Waals surface area contributed by atoms with Crippen LogP contribution in [0.5, 0.6) is 0 Å². The van der Waals surface area contributed by atoms with Crippen LogP contribution in [0.1, 0.15) is 30.7 Å². The number of hydrogen-bond donors (Lipinski definition) is 1. The molecule has 1 aliphatic heterocycles. The Labute approximate surface area is 147 Å². The van der Waals surface area contributed by atoms with Gasteiger partial charge in [0.25, 0.3) is 0 Å². The summed E-state index contributed by atoms with van der Waals surface area (Å²) < 4.78 is 40.0. The van der Waals surface area contributed by atoms with E-state index in [0.29, 0.717) is 11.4 Å². The van der Waals surface area contributed by atoms with Crippen molar-refractivity contribution < 1.29 is 12.8 Å². The van der Waals surface area contributed by atoms with Crippen LogP contribution in [0.15, 0.2) is 36.5 Å². The Hall–Kier alpha value is -2.06. The summed E-state index contributed by atoms with van der Waals surface area (Å²) in [5.41, 5.74) is 0.399. The zero-order chi connectivity index (χ0) is 17.7. The smallest absolute Gasteiger partial charge is 0.216 e. The van der Waals surface area contributed by atoms with Gasteiger partial charge in [-0.05, 0) is 43.0 Å². The van der Waals surface area contributed by atoms with Crippen LogP contribution >= 0.6 is 0 Å². The first-order valence-corrected chi connectivity index (χ1v) is 9.96. The summed E-state index contributed by atoms with van der Waals surface area (Å²) in [7, 11) is -3.60. The molecular formula is C17H21FN4O2S.